The molecule has 1 aromatic rings. The van der Waals surface area contributed by atoms with Crippen LogP contribution in [0.3, 0.4) is 0 Å². The van der Waals surface area contributed by atoms with Crippen LogP contribution in [0.5, 0.6) is 0 Å². The molecule has 0 spiro atoms. The molecule has 1 aromatic heterocycles. The van der Waals surface area contributed by atoms with Crippen molar-refractivity contribution in [2.45, 2.75) is 25.1 Å². The third-order valence-corrected chi connectivity index (χ3v) is 2.95. The van der Waals surface area contributed by atoms with Crippen LogP contribution in [0.4, 0.5) is 0 Å². The summed E-state index contributed by atoms with van der Waals surface area (Å²) >= 11 is 0. The normalized spacial score (nSPS) is 14.4. The number of hydrogen-bond acceptors (Lipinski definition) is 5. The van der Waals surface area contributed by atoms with Crippen molar-refractivity contribution in [2.75, 3.05) is 5.75 Å². The van der Waals surface area contributed by atoms with E-state index in [-0.39, 0.29) is 22.9 Å². The van der Waals surface area contributed by atoms with Crippen LogP contribution in [-0.2, 0) is 9.84 Å². The second-order valence-electron chi connectivity index (χ2n) is 2.71. The largest absolute Gasteiger partial charge is 0.406 e. The van der Waals surface area contributed by atoms with Crippen molar-refractivity contribution >= 4 is 9.84 Å². The van der Waals surface area contributed by atoms with Gasteiger partial charge in [-0.25, -0.2) is 8.42 Å². The number of sulfone groups is 1. The van der Waals surface area contributed by atoms with Crippen LogP contribution in [0.25, 0.3) is 0 Å². The fourth-order valence-electron chi connectivity index (χ4n) is 0.669. The SMILES string of the molecule is CCS(=O)(=O)c1nnc([C@@H](C)[NH3+])o1. The van der Waals surface area contributed by atoms with Gasteiger partial charge >= 0.3 is 5.22 Å². The Bertz CT molecular complexity index is 382. The van der Waals surface area contributed by atoms with Crippen molar-refractivity contribution in [2.24, 2.45) is 0 Å². The van der Waals surface area contributed by atoms with Crippen LogP contribution >= 0.6 is 0 Å². The summed E-state index contributed by atoms with van der Waals surface area (Å²) in [6.45, 7) is 3.27. The van der Waals surface area contributed by atoms with E-state index >= 15 is 0 Å². The molecule has 0 fully saturated rings. The van der Waals surface area contributed by atoms with Crippen LogP contribution in [-0.4, -0.2) is 24.4 Å². The highest BCUT2D eigenvalue weighted by Crippen LogP contribution is 2.11. The summed E-state index contributed by atoms with van der Waals surface area (Å²) in [6.07, 6.45) is 0. The van der Waals surface area contributed by atoms with Crippen LogP contribution in [0.1, 0.15) is 25.8 Å². The Morgan fingerprint density at radius 3 is 2.54 bits per heavy atom. The minimum atomic E-state index is -3.38. The smallest absolute Gasteiger partial charge is 0.335 e. The van der Waals surface area contributed by atoms with Gasteiger partial charge in [0.05, 0.1) is 5.75 Å². The maximum absolute atomic E-state index is 11.2. The molecule has 0 saturated carbocycles. The van der Waals surface area contributed by atoms with E-state index < -0.39 is 9.84 Å². The maximum atomic E-state index is 11.2. The minimum Gasteiger partial charge on any atom is -0.406 e. The van der Waals surface area contributed by atoms with Gasteiger partial charge in [0.1, 0.15) is 0 Å². The van der Waals surface area contributed by atoms with Gasteiger partial charge in [-0.1, -0.05) is 12.0 Å². The van der Waals surface area contributed by atoms with E-state index in [4.69, 9.17) is 4.42 Å². The molecule has 7 heteroatoms. The third-order valence-electron chi connectivity index (χ3n) is 1.49. The van der Waals surface area contributed by atoms with Gasteiger partial charge in [0.25, 0.3) is 5.89 Å². The molecule has 1 atom stereocenters. The molecule has 0 aliphatic rings. The van der Waals surface area contributed by atoms with Crippen molar-refractivity contribution < 1.29 is 18.6 Å². The molecule has 0 unspecified atom stereocenters. The van der Waals surface area contributed by atoms with E-state index in [1.807, 2.05) is 0 Å². The van der Waals surface area contributed by atoms with Gasteiger partial charge in [-0.2, -0.15) is 0 Å². The van der Waals surface area contributed by atoms with Gasteiger partial charge in [-0.15, -0.1) is 5.10 Å². The number of aromatic nitrogens is 2. The molecule has 0 aromatic carbocycles. The van der Waals surface area contributed by atoms with Crippen LogP contribution < -0.4 is 5.73 Å². The van der Waals surface area contributed by atoms with Gasteiger partial charge in [-0.05, 0) is 6.92 Å². The van der Waals surface area contributed by atoms with Crippen molar-refractivity contribution in [3.05, 3.63) is 5.89 Å². The zero-order valence-electron chi connectivity index (χ0n) is 7.52. The second kappa shape index (κ2) is 3.43. The average molecular weight is 206 g/mol. The van der Waals surface area contributed by atoms with Gasteiger partial charge in [-0.3, -0.25) is 0 Å². The Balaban J connectivity index is 3.06. The number of nitrogens with zero attached hydrogens (tertiary/aromatic N) is 2. The lowest BCUT2D eigenvalue weighted by molar-refractivity contribution is -0.425. The van der Waals surface area contributed by atoms with E-state index in [9.17, 15) is 8.42 Å². The first-order valence-corrected chi connectivity index (χ1v) is 5.52. The van der Waals surface area contributed by atoms with Gasteiger partial charge in [0.15, 0.2) is 6.04 Å². The fourth-order valence-corrected chi connectivity index (χ4v) is 1.29. The Kier molecular flexibility index (Phi) is 2.67. The summed E-state index contributed by atoms with van der Waals surface area (Å²) in [7, 11) is -3.38. The molecule has 13 heavy (non-hydrogen) atoms. The first kappa shape index (κ1) is 10.1. The molecule has 1 rings (SSSR count). The lowest BCUT2D eigenvalue weighted by Gasteiger charge is -1.93. The molecule has 0 radical (unpaired) electrons. The molecule has 1 heterocycles. The van der Waals surface area contributed by atoms with E-state index in [1.54, 1.807) is 6.92 Å². The van der Waals surface area contributed by atoms with E-state index in [2.05, 4.69) is 15.9 Å². The zero-order chi connectivity index (χ0) is 10.1. The summed E-state index contributed by atoms with van der Waals surface area (Å²) < 4.78 is 27.4. The standard InChI is InChI=1S/C6H11N3O3S/c1-3-13(10,11)6-9-8-5(12-6)4(2)7/h4H,3,7H2,1-2H3/p+1/t4-/m1/s1. The Labute approximate surface area is 76.1 Å². The molecule has 74 valence electrons. The topological polar surface area (TPSA) is 101 Å². The number of rotatable bonds is 3. The molecule has 0 aliphatic carbocycles. The lowest BCUT2D eigenvalue weighted by atomic mass is 10.4. The lowest BCUT2D eigenvalue weighted by Crippen LogP contribution is -2.51. The highest BCUT2D eigenvalue weighted by molar-refractivity contribution is 7.91. The van der Waals surface area contributed by atoms with Crippen molar-refractivity contribution in [1.82, 2.24) is 10.2 Å². The molecular weight excluding hydrogens is 194 g/mol. The van der Waals surface area contributed by atoms with Gasteiger partial charge in [0.2, 0.25) is 9.84 Å². The fraction of sp³-hybridized carbons (Fsp3) is 0.667. The van der Waals surface area contributed by atoms with Gasteiger partial charge < -0.3 is 10.2 Å². The summed E-state index contributed by atoms with van der Waals surface area (Å²) in [4.78, 5) is 0. The molecule has 0 amide bonds. The van der Waals surface area contributed by atoms with Crippen molar-refractivity contribution in [3.8, 4) is 0 Å². The molecule has 6 nitrogen and oxygen atoms in total. The Hall–Kier alpha value is -0.950. The quantitative estimate of drug-likeness (QED) is 0.695. The summed E-state index contributed by atoms with van der Waals surface area (Å²) in [5.74, 6) is 0.201. The Morgan fingerprint density at radius 1 is 1.54 bits per heavy atom. The van der Waals surface area contributed by atoms with Crippen molar-refractivity contribution in [1.29, 1.82) is 0 Å². The van der Waals surface area contributed by atoms with E-state index in [0.29, 0.717) is 0 Å². The molecule has 0 aliphatic heterocycles. The number of quaternary nitrogens is 1. The first-order chi connectivity index (χ1) is 5.97. The number of hydrogen-bond donors (Lipinski definition) is 1. The summed E-state index contributed by atoms with van der Waals surface area (Å²) in [5.41, 5.74) is 3.64. The van der Waals surface area contributed by atoms with E-state index in [1.165, 1.54) is 6.92 Å². The van der Waals surface area contributed by atoms with Crippen LogP contribution in [0.15, 0.2) is 9.64 Å². The third kappa shape index (κ3) is 2.04. The second-order valence-corrected chi connectivity index (χ2v) is 4.87. The first-order valence-electron chi connectivity index (χ1n) is 3.86. The molecular formula is C6H12N3O3S+. The minimum absolute atomic E-state index is 0.0415. The Morgan fingerprint density at radius 2 is 2.15 bits per heavy atom. The van der Waals surface area contributed by atoms with Crippen LogP contribution in [0, 0.1) is 0 Å². The van der Waals surface area contributed by atoms with Gasteiger partial charge in [0, 0.05) is 0 Å². The predicted molar refractivity (Wildman–Crippen MR) is 43.3 cm³/mol. The zero-order valence-corrected chi connectivity index (χ0v) is 8.34. The summed E-state index contributed by atoms with van der Waals surface area (Å²) in [6, 6.07) is -0.201. The average Bonchev–Trinajstić information content (AvgIpc) is 2.52. The molecule has 3 N–H and O–H groups in total. The predicted octanol–water partition coefficient (Wildman–Crippen LogP) is -0.834. The maximum Gasteiger partial charge on any atom is 0.335 e. The summed E-state index contributed by atoms with van der Waals surface area (Å²) in [5, 5.41) is 6.69. The molecule has 0 saturated heterocycles. The highest BCUT2D eigenvalue weighted by Gasteiger charge is 2.22. The monoisotopic (exact) mass is 206 g/mol. The van der Waals surface area contributed by atoms with Crippen LogP contribution in [0.2, 0.25) is 0 Å². The van der Waals surface area contributed by atoms with E-state index in [0.717, 1.165) is 0 Å². The highest BCUT2D eigenvalue weighted by atomic mass is 32.2. The molecule has 0 bridgehead atoms. The van der Waals surface area contributed by atoms with Crippen molar-refractivity contribution in [3.63, 3.8) is 0 Å².